The fourth-order valence-corrected chi connectivity index (χ4v) is 4.23. The lowest BCUT2D eigenvalue weighted by atomic mass is 10.1. The van der Waals surface area contributed by atoms with E-state index in [1.807, 2.05) is 65.2 Å². The number of aliphatic hydroxyl groups is 1. The summed E-state index contributed by atoms with van der Waals surface area (Å²) in [6.07, 6.45) is 0. The lowest BCUT2D eigenvalue weighted by Gasteiger charge is -2.35. The maximum atomic E-state index is 13.0. The Morgan fingerprint density at radius 1 is 0.903 bits per heavy atom. The predicted octanol–water partition coefficient (Wildman–Crippen LogP) is 2.47. The van der Waals surface area contributed by atoms with Crippen LogP contribution < -0.4 is 10.5 Å². The van der Waals surface area contributed by atoms with Crippen molar-refractivity contribution in [1.82, 2.24) is 19.5 Å². The quantitative estimate of drug-likeness (QED) is 0.524. The van der Waals surface area contributed by atoms with Gasteiger partial charge in [-0.25, -0.2) is 9.50 Å². The van der Waals surface area contributed by atoms with Crippen LogP contribution in [0.25, 0.3) is 28.0 Å². The van der Waals surface area contributed by atoms with Gasteiger partial charge in [-0.1, -0.05) is 60.7 Å². The number of piperazine rings is 1. The largest absolute Gasteiger partial charge is 0.395 e. The van der Waals surface area contributed by atoms with Crippen molar-refractivity contribution < 1.29 is 5.11 Å². The summed E-state index contributed by atoms with van der Waals surface area (Å²) in [4.78, 5) is 22.4. The Bertz CT molecular complexity index is 1230. The predicted molar refractivity (Wildman–Crippen MR) is 122 cm³/mol. The third-order valence-electron chi connectivity index (χ3n) is 5.84. The molecule has 0 atom stereocenters. The highest BCUT2D eigenvalue weighted by atomic mass is 16.3. The van der Waals surface area contributed by atoms with Crippen LogP contribution in [0.5, 0.6) is 0 Å². The second-order valence-corrected chi connectivity index (χ2v) is 7.76. The summed E-state index contributed by atoms with van der Waals surface area (Å²) >= 11 is 0. The van der Waals surface area contributed by atoms with E-state index in [1.165, 1.54) is 0 Å². The van der Waals surface area contributed by atoms with Gasteiger partial charge in [-0.05, 0) is 5.56 Å². The summed E-state index contributed by atoms with van der Waals surface area (Å²) in [7, 11) is 0. The summed E-state index contributed by atoms with van der Waals surface area (Å²) in [6, 6.07) is 21.8. The second kappa shape index (κ2) is 8.37. The first-order chi connectivity index (χ1) is 15.2. The molecular formula is C24H25N5O2. The van der Waals surface area contributed by atoms with Crippen LogP contribution in [0.1, 0.15) is 0 Å². The van der Waals surface area contributed by atoms with Crippen LogP contribution in [0.4, 0.5) is 5.82 Å². The number of β-amino-alcohol motifs (C(OH)–C–C–N with tert-alkyl or cyclic N) is 1. The van der Waals surface area contributed by atoms with Crippen LogP contribution >= 0.6 is 0 Å². The van der Waals surface area contributed by atoms with Gasteiger partial charge >= 0.3 is 0 Å². The van der Waals surface area contributed by atoms with Crippen molar-refractivity contribution in [2.24, 2.45) is 0 Å². The number of hydrogen-bond donors (Lipinski definition) is 2. The Labute approximate surface area is 180 Å². The number of H-pyrrole nitrogens is 1. The zero-order valence-electron chi connectivity index (χ0n) is 17.2. The van der Waals surface area contributed by atoms with Crippen molar-refractivity contribution in [3.63, 3.8) is 0 Å². The number of aromatic nitrogens is 3. The number of nitrogens with zero attached hydrogens (tertiary/aromatic N) is 4. The summed E-state index contributed by atoms with van der Waals surface area (Å²) in [6.45, 7) is 4.21. The molecule has 0 saturated carbocycles. The molecule has 0 bridgehead atoms. The van der Waals surface area contributed by atoms with Crippen molar-refractivity contribution in [3.05, 3.63) is 77.1 Å². The lowest BCUT2D eigenvalue weighted by molar-refractivity contribution is 0.188. The molecule has 2 aromatic heterocycles. The maximum Gasteiger partial charge on any atom is 0.274 e. The summed E-state index contributed by atoms with van der Waals surface area (Å²) in [5.41, 5.74) is 3.76. The highest BCUT2D eigenvalue weighted by Gasteiger charge is 2.23. The minimum atomic E-state index is -0.149. The number of nitrogens with one attached hydrogen (secondary N) is 1. The Morgan fingerprint density at radius 3 is 2.19 bits per heavy atom. The van der Waals surface area contributed by atoms with Gasteiger partial charge in [0.15, 0.2) is 5.65 Å². The molecule has 0 amide bonds. The molecule has 3 heterocycles. The second-order valence-electron chi connectivity index (χ2n) is 7.76. The van der Waals surface area contributed by atoms with Crippen LogP contribution in [-0.2, 0) is 0 Å². The SMILES string of the molecule is O=c1[nH]n2c(N3CCN(CCO)CC3)cc(-c3ccccc3)nc2c1-c1ccccc1. The highest BCUT2D eigenvalue weighted by Crippen LogP contribution is 2.28. The van der Waals surface area contributed by atoms with Gasteiger partial charge in [-0.3, -0.25) is 14.8 Å². The van der Waals surface area contributed by atoms with E-state index >= 15 is 0 Å². The number of aromatic amines is 1. The normalized spacial score (nSPS) is 14.9. The van der Waals surface area contributed by atoms with E-state index in [0.717, 1.165) is 48.8 Å². The number of rotatable bonds is 5. The highest BCUT2D eigenvalue weighted by molar-refractivity contribution is 5.80. The van der Waals surface area contributed by atoms with Gasteiger partial charge in [0, 0.05) is 44.4 Å². The van der Waals surface area contributed by atoms with Crippen LogP contribution in [0, 0.1) is 0 Å². The van der Waals surface area contributed by atoms with Crippen molar-refractivity contribution in [2.45, 2.75) is 0 Å². The molecule has 7 nitrogen and oxygen atoms in total. The van der Waals surface area contributed by atoms with E-state index in [0.29, 0.717) is 17.8 Å². The van der Waals surface area contributed by atoms with E-state index < -0.39 is 0 Å². The molecule has 0 aliphatic carbocycles. The molecule has 0 spiro atoms. The molecule has 1 aliphatic heterocycles. The van der Waals surface area contributed by atoms with Gasteiger partial charge in [-0.2, -0.15) is 0 Å². The molecule has 158 valence electrons. The van der Waals surface area contributed by atoms with Gasteiger partial charge in [0.05, 0.1) is 17.9 Å². The number of anilines is 1. The fourth-order valence-electron chi connectivity index (χ4n) is 4.23. The first-order valence-corrected chi connectivity index (χ1v) is 10.6. The molecule has 0 radical (unpaired) electrons. The Kier molecular flexibility index (Phi) is 5.28. The van der Waals surface area contributed by atoms with Gasteiger partial charge in [-0.15, -0.1) is 0 Å². The molecule has 1 fully saturated rings. The number of aliphatic hydroxyl groups excluding tert-OH is 1. The molecule has 4 aromatic rings. The lowest BCUT2D eigenvalue weighted by Crippen LogP contribution is -2.47. The molecule has 5 rings (SSSR count). The van der Waals surface area contributed by atoms with Gasteiger partial charge in [0.2, 0.25) is 0 Å². The van der Waals surface area contributed by atoms with E-state index in [4.69, 9.17) is 4.98 Å². The van der Waals surface area contributed by atoms with E-state index in [2.05, 4.69) is 21.0 Å². The number of hydrogen-bond acceptors (Lipinski definition) is 5. The molecule has 1 aliphatic rings. The van der Waals surface area contributed by atoms with Crippen LogP contribution in [0.15, 0.2) is 71.5 Å². The number of fused-ring (bicyclic) bond motifs is 1. The van der Waals surface area contributed by atoms with Crippen LogP contribution in [0.2, 0.25) is 0 Å². The van der Waals surface area contributed by atoms with Crippen LogP contribution in [-0.4, -0.2) is 63.9 Å². The zero-order chi connectivity index (χ0) is 21.2. The minimum absolute atomic E-state index is 0.149. The molecular weight excluding hydrogens is 390 g/mol. The van der Waals surface area contributed by atoms with Crippen LogP contribution in [0.3, 0.4) is 0 Å². The van der Waals surface area contributed by atoms with E-state index in [-0.39, 0.29) is 12.2 Å². The first kappa shape index (κ1) is 19.5. The van der Waals surface area contributed by atoms with Crippen molar-refractivity contribution >= 4 is 11.5 Å². The molecule has 0 unspecified atom stereocenters. The Hall–Kier alpha value is -3.42. The molecule has 7 heteroatoms. The molecule has 2 aromatic carbocycles. The Balaban J connectivity index is 1.67. The van der Waals surface area contributed by atoms with E-state index in [1.54, 1.807) is 0 Å². The summed E-state index contributed by atoms with van der Waals surface area (Å²) in [5.74, 6) is 0.923. The smallest absolute Gasteiger partial charge is 0.274 e. The molecule has 2 N–H and O–H groups in total. The van der Waals surface area contributed by atoms with Gasteiger partial charge in [0.1, 0.15) is 5.82 Å². The summed E-state index contributed by atoms with van der Waals surface area (Å²) < 4.78 is 1.82. The summed E-state index contributed by atoms with van der Waals surface area (Å²) in [5, 5.41) is 12.2. The van der Waals surface area contributed by atoms with E-state index in [9.17, 15) is 9.90 Å². The van der Waals surface area contributed by atoms with Gasteiger partial charge in [0.25, 0.3) is 5.56 Å². The molecule has 31 heavy (non-hydrogen) atoms. The average Bonchev–Trinajstić information content (AvgIpc) is 3.16. The minimum Gasteiger partial charge on any atom is -0.395 e. The average molecular weight is 415 g/mol. The Morgan fingerprint density at radius 2 is 1.55 bits per heavy atom. The van der Waals surface area contributed by atoms with Crippen molar-refractivity contribution in [1.29, 1.82) is 0 Å². The fraction of sp³-hybridized carbons (Fsp3) is 0.250. The topological polar surface area (TPSA) is 76.9 Å². The van der Waals surface area contributed by atoms with Crippen molar-refractivity contribution in [3.8, 4) is 22.4 Å². The first-order valence-electron chi connectivity index (χ1n) is 10.6. The van der Waals surface area contributed by atoms with Crippen molar-refractivity contribution in [2.75, 3.05) is 44.2 Å². The van der Waals surface area contributed by atoms with Gasteiger partial charge < -0.3 is 10.0 Å². The standard InChI is InChI=1S/C24H25N5O2/c30-16-15-27-11-13-28(14-12-27)21-17-20(18-7-3-1-4-8-18)25-23-22(24(31)26-29(21)23)19-9-5-2-6-10-19/h1-10,17,30H,11-16H2,(H,26,31). The maximum absolute atomic E-state index is 13.0. The molecule has 1 saturated heterocycles. The third kappa shape index (κ3) is 3.73. The number of benzene rings is 2. The zero-order valence-corrected chi connectivity index (χ0v) is 17.2. The monoisotopic (exact) mass is 415 g/mol. The third-order valence-corrected chi connectivity index (χ3v) is 5.84.